The molecule has 9 nitrogen and oxygen atoms in total. The third-order valence-corrected chi connectivity index (χ3v) is 5.89. The number of hydrogen-bond acceptors (Lipinski definition) is 8. The lowest BCUT2D eigenvalue weighted by Crippen LogP contribution is -2.16. The summed E-state index contributed by atoms with van der Waals surface area (Å²) in [5.74, 6) is 0.669. The number of carbonyl (C=O) groups excluding carboxylic acids is 1. The molecule has 0 radical (unpaired) electrons. The van der Waals surface area contributed by atoms with Gasteiger partial charge in [-0.25, -0.2) is 4.39 Å². The van der Waals surface area contributed by atoms with Crippen LogP contribution >= 0.6 is 9.24 Å². The van der Waals surface area contributed by atoms with Crippen LogP contribution in [0.15, 0.2) is 55.0 Å². The molecule has 4 aromatic rings. The van der Waals surface area contributed by atoms with Crippen LogP contribution in [-0.4, -0.2) is 49.8 Å². The van der Waals surface area contributed by atoms with E-state index in [4.69, 9.17) is 18.9 Å². The minimum Gasteiger partial charge on any atom is -0.493 e. The molecule has 1 atom stereocenters. The third kappa shape index (κ3) is 6.10. The number of anilines is 1. The number of nitrogens with one attached hydrogen (secondary N) is 2. The Morgan fingerprint density at radius 1 is 1.05 bits per heavy atom. The van der Waals surface area contributed by atoms with Crippen molar-refractivity contribution >= 4 is 37.0 Å². The number of pyridine rings is 2. The van der Waals surface area contributed by atoms with Gasteiger partial charge in [0.25, 0.3) is 5.91 Å². The van der Waals surface area contributed by atoms with Gasteiger partial charge in [0.15, 0.2) is 23.1 Å². The number of amides is 1. The Morgan fingerprint density at radius 3 is 2.61 bits per heavy atom. The standard InChI is InChI=1S/C27H28FN4O5P/c1-4-35-21-5-7-30-15-18(21)27(33)32-16-11-19(28)26(25(38)12-16)37-22-6-8-31-20-14-24(36-10-9-29-2)23(34-3)13-17(20)22/h5-8,11-15,29H,4,9-10,38H2,1-3H3,(H,32,33). The molecule has 2 N–H and O–H groups in total. The Balaban J connectivity index is 1.60. The van der Waals surface area contributed by atoms with Crippen molar-refractivity contribution in [3.63, 3.8) is 0 Å². The fourth-order valence-electron chi connectivity index (χ4n) is 3.69. The van der Waals surface area contributed by atoms with Gasteiger partial charge in [-0.1, -0.05) is 0 Å². The summed E-state index contributed by atoms with van der Waals surface area (Å²) in [5.41, 5.74) is 1.09. The zero-order valence-corrected chi connectivity index (χ0v) is 22.4. The van der Waals surface area contributed by atoms with Gasteiger partial charge in [0.1, 0.15) is 18.1 Å². The number of ether oxygens (including phenoxy) is 4. The molecular formula is C27H28FN4O5P. The van der Waals surface area contributed by atoms with E-state index in [-0.39, 0.29) is 17.0 Å². The number of nitrogens with zero attached hydrogens (tertiary/aromatic N) is 2. The van der Waals surface area contributed by atoms with Gasteiger partial charge in [-0.05, 0) is 38.2 Å². The Hall–Kier alpha value is -4.01. The number of rotatable bonds is 11. The molecule has 0 aliphatic carbocycles. The van der Waals surface area contributed by atoms with E-state index in [9.17, 15) is 4.79 Å². The summed E-state index contributed by atoms with van der Waals surface area (Å²) in [4.78, 5) is 21.2. The molecule has 2 aromatic heterocycles. The van der Waals surface area contributed by atoms with Gasteiger partial charge in [-0.2, -0.15) is 0 Å². The van der Waals surface area contributed by atoms with Crippen LogP contribution in [0.25, 0.3) is 10.9 Å². The van der Waals surface area contributed by atoms with Gasteiger partial charge in [-0.15, -0.1) is 9.24 Å². The molecule has 0 bridgehead atoms. The highest BCUT2D eigenvalue weighted by atomic mass is 31.0. The van der Waals surface area contributed by atoms with Gasteiger partial charge in [0, 0.05) is 53.6 Å². The van der Waals surface area contributed by atoms with Crippen LogP contribution in [0.1, 0.15) is 17.3 Å². The van der Waals surface area contributed by atoms with Crippen LogP contribution in [-0.2, 0) is 0 Å². The van der Waals surface area contributed by atoms with Crippen LogP contribution in [0.2, 0.25) is 0 Å². The maximum Gasteiger partial charge on any atom is 0.261 e. The average Bonchev–Trinajstić information content (AvgIpc) is 2.91. The number of aromatic nitrogens is 2. The first-order valence-electron chi connectivity index (χ1n) is 11.8. The van der Waals surface area contributed by atoms with Crippen LogP contribution in [0, 0.1) is 5.82 Å². The summed E-state index contributed by atoms with van der Waals surface area (Å²) in [5, 5.41) is 6.73. The molecular weight excluding hydrogens is 510 g/mol. The molecule has 0 aliphatic rings. The van der Waals surface area contributed by atoms with Crippen LogP contribution in [0.3, 0.4) is 0 Å². The van der Waals surface area contributed by atoms with Gasteiger partial charge < -0.3 is 29.6 Å². The van der Waals surface area contributed by atoms with Crippen LogP contribution in [0.4, 0.5) is 10.1 Å². The van der Waals surface area contributed by atoms with Crippen molar-refractivity contribution in [1.29, 1.82) is 0 Å². The fourth-order valence-corrected chi connectivity index (χ4v) is 4.07. The van der Waals surface area contributed by atoms with Crippen LogP contribution < -0.4 is 34.9 Å². The molecule has 4 rings (SSSR count). The molecule has 38 heavy (non-hydrogen) atoms. The van der Waals surface area contributed by atoms with Gasteiger partial charge >= 0.3 is 0 Å². The first-order chi connectivity index (χ1) is 18.4. The quantitative estimate of drug-likeness (QED) is 0.215. The van der Waals surface area contributed by atoms with E-state index in [1.165, 1.54) is 18.5 Å². The van der Waals surface area contributed by atoms with Gasteiger partial charge in [0.05, 0.1) is 24.8 Å². The summed E-state index contributed by atoms with van der Waals surface area (Å²) in [6, 6.07) is 9.51. The monoisotopic (exact) mass is 538 g/mol. The van der Waals surface area contributed by atoms with E-state index in [0.29, 0.717) is 59.0 Å². The molecule has 0 saturated heterocycles. The van der Waals surface area contributed by atoms with Crippen molar-refractivity contribution in [2.45, 2.75) is 6.92 Å². The van der Waals surface area contributed by atoms with Crippen molar-refractivity contribution < 1.29 is 28.1 Å². The maximum absolute atomic E-state index is 15.2. The second-order valence-electron chi connectivity index (χ2n) is 8.02. The minimum absolute atomic E-state index is 0.00908. The fraction of sp³-hybridized carbons (Fsp3) is 0.222. The first kappa shape index (κ1) is 27.0. The Bertz CT molecular complexity index is 1430. The van der Waals surface area contributed by atoms with Crippen molar-refractivity contribution in [3.05, 3.63) is 66.4 Å². The smallest absolute Gasteiger partial charge is 0.261 e. The van der Waals surface area contributed by atoms with Gasteiger partial charge in [-0.3, -0.25) is 14.8 Å². The third-order valence-electron chi connectivity index (χ3n) is 5.46. The molecule has 2 heterocycles. The highest BCUT2D eigenvalue weighted by Gasteiger charge is 2.18. The molecule has 0 aliphatic heterocycles. The summed E-state index contributed by atoms with van der Waals surface area (Å²) in [6.45, 7) is 3.32. The van der Waals surface area contributed by atoms with Crippen molar-refractivity contribution in [2.24, 2.45) is 0 Å². The summed E-state index contributed by atoms with van der Waals surface area (Å²) < 4.78 is 38.0. The Kier molecular flexibility index (Phi) is 8.89. The maximum atomic E-state index is 15.2. The molecule has 0 spiro atoms. The predicted octanol–water partition coefficient (Wildman–Crippen LogP) is 4.32. The molecule has 1 amide bonds. The number of hydrogen-bond donors (Lipinski definition) is 2. The minimum atomic E-state index is -0.659. The lowest BCUT2D eigenvalue weighted by Gasteiger charge is -2.16. The number of fused-ring (bicyclic) bond motifs is 1. The van der Waals surface area contributed by atoms with Crippen molar-refractivity contribution in [2.75, 3.05) is 39.2 Å². The lowest BCUT2D eigenvalue weighted by molar-refractivity contribution is 0.102. The van der Waals surface area contributed by atoms with E-state index < -0.39 is 11.7 Å². The van der Waals surface area contributed by atoms with E-state index in [1.807, 2.05) is 14.0 Å². The van der Waals surface area contributed by atoms with Gasteiger partial charge in [0.2, 0.25) is 0 Å². The zero-order valence-electron chi connectivity index (χ0n) is 21.2. The summed E-state index contributed by atoms with van der Waals surface area (Å²) in [7, 11) is 5.82. The molecule has 2 aromatic carbocycles. The normalized spacial score (nSPS) is 10.8. The van der Waals surface area contributed by atoms with Crippen LogP contribution in [0.5, 0.6) is 28.7 Å². The molecule has 11 heteroatoms. The molecule has 0 saturated carbocycles. The first-order valence-corrected chi connectivity index (χ1v) is 12.4. The molecule has 198 valence electrons. The number of halogens is 1. The number of methoxy groups -OCH3 is 1. The van der Waals surface area contributed by atoms with Crippen molar-refractivity contribution in [3.8, 4) is 28.7 Å². The number of carbonyl (C=O) groups is 1. The Morgan fingerprint density at radius 2 is 1.87 bits per heavy atom. The number of likely N-dealkylation sites (N-methyl/N-ethyl adjacent to an activating group) is 1. The largest absolute Gasteiger partial charge is 0.493 e. The van der Waals surface area contributed by atoms with E-state index >= 15 is 4.39 Å². The number of benzene rings is 2. The second-order valence-corrected chi connectivity index (χ2v) is 8.64. The highest BCUT2D eigenvalue weighted by Crippen LogP contribution is 2.37. The second kappa shape index (κ2) is 12.5. The lowest BCUT2D eigenvalue weighted by atomic mass is 10.1. The van der Waals surface area contributed by atoms with E-state index in [1.54, 1.807) is 43.6 Å². The summed E-state index contributed by atoms with van der Waals surface area (Å²) in [6.07, 6.45) is 4.50. The highest BCUT2D eigenvalue weighted by molar-refractivity contribution is 7.27. The zero-order chi connectivity index (χ0) is 27.1. The topological polar surface area (TPSA) is 104 Å². The SMILES string of the molecule is CCOc1ccncc1C(=O)Nc1cc(F)c(Oc2ccnc3cc(OCCNC)c(OC)cc23)c(P)c1. The molecule has 1 unspecified atom stereocenters. The van der Waals surface area contributed by atoms with Crippen molar-refractivity contribution in [1.82, 2.24) is 15.3 Å². The average molecular weight is 539 g/mol. The Labute approximate surface area is 221 Å². The van der Waals surface area contributed by atoms with E-state index in [2.05, 4.69) is 29.8 Å². The summed E-state index contributed by atoms with van der Waals surface area (Å²) >= 11 is 0. The predicted molar refractivity (Wildman–Crippen MR) is 147 cm³/mol. The molecule has 0 fully saturated rings. The van der Waals surface area contributed by atoms with E-state index in [0.717, 1.165) is 0 Å².